The van der Waals surface area contributed by atoms with Gasteiger partial charge >= 0.3 is 0 Å². The molecule has 0 aliphatic carbocycles. The molecular formula is C15H21Cl2NO. The van der Waals surface area contributed by atoms with E-state index in [1.165, 1.54) is 0 Å². The standard InChI is InChI=1S/C15H21Cl2NO/c1-10(2)8-18(9-11(3)4)15(19)14-12(16)6-5-7-13(14)17/h5-7,10-11H,8-9H2,1-4H3. The third kappa shape index (κ3) is 4.70. The molecule has 106 valence electrons. The van der Waals surface area contributed by atoms with E-state index in [0.29, 0.717) is 40.5 Å². The molecule has 1 rings (SSSR count). The molecule has 0 saturated heterocycles. The zero-order chi connectivity index (χ0) is 14.6. The summed E-state index contributed by atoms with van der Waals surface area (Å²) in [4.78, 5) is 14.5. The minimum Gasteiger partial charge on any atom is -0.338 e. The number of hydrogen-bond donors (Lipinski definition) is 0. The van der Waals surface area contributed by atoms with E-state index in [2.05, 4.69) is 27.7 Å². The highest BCUT2D eigenvalue weighted by molar-refractivity contribution is 6.39. The second kappa shape index (κ2) is 7.16. The van der Waals surface area contributed by atoms with Gasteiger partial charge in [0.1, 0.15) is 0 Å². The summed E-state index contributed by atoms with van der Waals surface area (Å²) in [5, 5.41) is 0.824. The maximum Gasteiger partial charge on any atom is 0.256 e. The number of rotatable bonds is 5. The molecule has 0 aliphatic heterocycles. The van der Waals surface area contributed by atoms with E-state index in [-0.39, 0.29) is 5.91 Å². The zero-order valence-corrected chi connectivity index (χ0v) is 13.4. The molecule has 0 fully saturated rings. The third-order valence-electron chi connectivity index (χ3n) is 2.63. The topological polar surface area (TPSA) is 20.3 Å². The summed E-state index contributed by atoms with van der Waals surface area (Å²) in [5.74, 6) is 0.728. The van der Waals surface area contributed by atoms with Crippen LogP contribution in [0, 0.1) is 11.8 Å². The summed E-state index contributed by atoms with van der Waals surface area (Å²) in [6, 6.07) is 5.14. The molecule has 0 atom stereocenters. The van der Waals surface area contributed by atoms with Crippen LogP contribution in [0.4, 0.5) is 0 Å². The number of carbonyl (C=O) groups is 1. The van der Waals surface area contributed by atoms with Crippen LogP contribution >= 0.6 is 23.2 Å². The summed E-state index contributed by atoms with van der Waals surface area (Å²) < 4.78 is 0. The predicted octanol–water partition coefficient (Wildman–Crippen LogP) is 4.75. The lowest BCUT2D eigenvalue weighted by Gasteiger charge is -2.27. The number of hydrogen-bond acceptors (Lipinski definition) is 1. The number of halogens is 2. The normalized spacial score (nSPS) is 11.2. The van der Waals surface area contributed by atoms with E-state index < -0.39 is 0 Å². The lowest BCUT2D eigenvalue weighted by Crippen LogP contribution is -2.37. The van der Waals surface area contributed by atoms with Gasteiger partial charge in [-0.3, -0.25) is 4.79 Å². The van der Waals surface area contributed by atoms with Gasteiger partial charge in [-0.1, -0.05) is 57.0 Å². The largest absolute Gasteiger partial charge is 0.338 e. The second-order valence-corrected chi connectivity index (χ2v) is 6.41. The Balaban J connectivity index is 3.04. The van der Waals surface area contributed by atoms with E-state index in [0.717, 1.165) is 0 Å². The van der Waals surface area contributed by atoms with Gasteiger partial charge in [0.15, 0.2) is 0 Å². The molecule has 4 heteroatoms. The minimum absolute atomic E-state index is 0.0852. The van der Waals surface area contributed by atoms with Gasteiger partial charge in [0.2, 0.25) is 0 Å². The zero-order valence-electron chi connectivity index (χ0n) is 11.9. The first-order valence-corrected chi connectivity index (χ1v) is 7.31. The Bertz CT molecular complexity index is 414. The molecule has 0 N–H and O–H groups in total. The Hall–Kier alpha value is -0.730. The van der Waals surface area contributed by atoms with Crippen molar-refractivity contribution in [3.05, 3.63) is 33.8 Å². The molecular weight excluding hydrogens is 281 g/mol. The molecule has 0 saturated carbocycles. The van der Waals surface area contributed by atoms with Gasteiger partial charge in [0.05, 0.1) is 15.6 Å². The molecule has 0 aromatic heterocycles. The molecule has 0 unspecified atom stereocenters. The Labute approximate surface area is 125 Å². The fourth-order valence-corrected chi connectivity index (χ4v) is 2.54. The van der Waals surface area contributed by atoms with Gasteiger partial charge < -0.3 is 4.90 Å². The van der Waals surface area contributed by atoms with Crippen LogP contribution in [0.15, 0.2) is 18.2 Å². The first-order chi connectivity index (χ1) is 8.82. The SMILES string of the molecule is CC(C)CN(CC(C)C)C(=O)c1c(Cl)cccc1Cl. The Morgan fingerprint density at radius 3 is 1.84 bits per heavy atom. The molecule has 2 nitrogen and oxygen atoms in total. The van der Waals surface area contributed by atoms with Crippen molar-refractivity contribution in [1.29, 1.82) is 0 Å². The van der Waals surface area contributed by atoms with Crippen LogP contribution in [0.1, 0.15) is 38.1 Å². The monoisotopic (exact) mass is 301 g/mol. The van der Waals surface area contributed by atoms with Crippen LogP contribution in [0.25, 0.3) is 0 Å². The van der Waals surface area contributed by atoms with Gasteiger partial charge in [-0.05, 0) is 24.0 Å². The first kappa shape index (κ1) is 16.3. The Kier molecular flexibility index (Phi) is 6.15. The van der Waals surface area contributed by atoms with Crippen molar-refractivity contribution < 1.29 is 4.79 Å². The molecule has 1 aromatic rings. The average Bonchev–Trinajstić information content (AvgIpc) is 2.26. The summed E-state index contributed by atoms with van der Waals surface area (Å²) in [6.45, 7) is 9.78. The first-order valence-electron chi connectivity index (χ1n) is 6.56. The van der Waals surface area contributed by atoms with Gasteiger partial charge in [0.25, 0.3) is 5.91 Å². The Morgan fingerprint density at radius 2 is 1.47 bits per heavy atom. The van der Waals surface area contributed by atoms with Crippen molar-refractivity contribution in [3.8, 4) is 0 Å². The molecule has 0 radical (unpaired) electrons. The summed E-state index contributed by atoms with van der Waals surface area (Å²) >= 11 is 12.2. The van der Waals surface area contributed by atoms with Crippen molar-refractivity contribution >= 4 is 29.1 Å². The van der Waals surface area contributed by atoms with E-state index >= 15 is 0 Å². The van der Waals surface area contributed by atoms with Gasteiger partial charge in [-0.2, -0.15) is 0 Å². The van der Waals surface area contributed by atoms with Crippen LogP contribution in [0.3, 0.4) is 0 Å². The molecule has 0 heterocycles. The lowest BCUT2D eigenvalue weighted by molar-refractivity contribution is 0.0715. The van der Waals surface area contributed by atoms with Gasteiger partial charge in [-0.25, -0.2) is 0 Å². The minimum atomic E-state index is -0.0852. The van der Waals surface area contributed by atoms with Crippen LogP contribution in [0.2, 0.25) is 10.0 Å². The maximum atomic E-state index is 12.6. The highest BCUT2D eigenvalue weighted by atomic mass is 35.5. The third-order valence-corrected chi connectivity index (χ3v) is 3.26. The highest BCUT2D eigenvalue weighted by Gasteiger charge is 2.22. The van der Waals surface area contributed by atoms with Crippen molar-refractivity contribution in [1.82, 2.24) is 4.90 Å². The number of carbonyl (C=O) groups excluding carboxylic acids is 1. The van der Waals surface area contributed by atoms with Crippen LogP contribution < -0.4 is 0 Å². The summed E-state index contributed by atoms with van der Waals surface area (Å²) in [6.07, 6.45) is 0. The maximum absolute atomic E-state index is 12.6. The summed E-state index contributed by atoms with van der Waals surface area (Å²) in [7, 11) is 0. The van der Waals surface area contributed by atoms with Crippen molar-refractivity contribution in [2.75, 3.05) is 13.1 Å². The number of nitrogens with zero attached hydrogens (tertiary/aromatic N) is 1. The fourth-order valence-electron chi connectivity index (χ4n) is 1.98. The van der Waals surface area contributed by atoms with Gasteiger partial charge in [-0.15, -0.1) is 0 Å². The van der Waals surface area contributed by atoms with Crippen molar-refractivity contribution in [3.63, 3.8) is 0 Å². The quantitative estimate of drug-likeness (QED) is 0.768. The van der Waals surface area contributed by atoms with Crippen LogP contribution in [-0.4, -0.2) is 23.9 Å². The van der Waals surface area contributed by atoms with E-state index in [4.69, 9.17) is 23.2 Å². The summed E-state index contributed by atoms with van der Waals surface area (Å²) in [5.41, 5.74) is 0.409. The Morgan fingerprint density at radius 1 is 1.05 bits per heavy atom. The van der Waals surface area contributed by atoms with Crippen LogP contribution in [-0.2, 0) is 0 Å². The molecule has 1 aromatic carbocycles. The van der Waals surface area contributed by atoms with E-state index in [1.807, 2.05) is 4.90 Å². The molecule has 0 aliphatic rings. The highest BCUT2D eigenvalue weighted by Crippen LogP contribution is 2.26. The van der Waals surface area contributed by atoms with Gasteiger partial charge in [0, 0.05) is 13.1 Å². The number of amides is 1. The van der Waals surface area contributed by atoms with E-state index in [1.54, 1.807) is 18.2 Å². The molecule has 0 spiro atoms. The molecule has 19 heavy (non-hydrogen) atoms. The predicted molar refractivity (Wildman–Crippen MR) is 82.0 cm³/mol. The van der Waals surface area contributed by atoms with Crippen molar-refractivity contribution in [2.24, 2.45) is 11.8 Å². The average molecular weight is 302 g/mol. The molecule has 0 bridgehead atoms. The van der Waals surface area contributed by atoms with Crippen molar-refractivity contribution in [2.45, 2.75) is 27.7 Å². The molecule has 1 amide bonds. The smallest absolute Gasteiger partial charge is 0.256 e. The van der Waals surface area contributed by atoms with E-state index in [9.17, 15) is 4.79 Å². The number of benzene rings is 1. The lowest BCUT2D eigenvalue weighted by atomic mass is 10.1. The second-order valence-electron chi connectivity index (χ2n) is 5.59. The van der Waals surface area contributed by atoms with Crippen LogP contribution in [0.5, 0.6) is 0 Å². The fraction of sp³-hybridized carbons (Fsp3) is 0.533.